The topological polar surface area (TPSA) is 60.5 Å². The van der Waals surface area contributed by atoms with Crippen LogP contribution >= 0.6 is 22.9 Å². The van der Waals surface area contributed by atoms with Crippen LogP contribution < -0.4 is 14.8 Å². The summed E-state index contributed by atoms with van der Waals surface area (Å²) in [7, 11) is 1.56. The number of halogens is 1. The van der Waals surface area contributed by atoms with Gasteiger partial charge in [0, 0.05) is 22.5 Å². The number of anilines is 1. The van der Waals surface area contributed by atoms with Crippen molar-refractivity contribution >= 4 is 34.0 Å². The Labute approximate surface area is 160 Å². The minimum absolute atomic E-state index is 0.119. The van der Waals surface area contributed by atoms with Crippen LogP contribution in [0, 0.1) is 0 Å². The van der Waals surface area contributed by atoms with Crippen LogP contribution in [0.5, 0.6) is 11.5 Å². The van der Waals surface area contributed by atoms with Gasteiger partial charge in [0.05, 0.1) is 7.11 Å². The Morgan fingerprint density at radius 1 is 1.15 bits per heavy atom. The fourth-order valence-electron chi connectivity index (χ4n) is 2.29. The zero-order valence-electron chi connectivity index (χ0n) is 14.1. The number of nitrogens with zero attached hydrogens (tertiary/aromatic N) is 1. The van der Waals surface area contributed by atoms with Gasteiger partial charge in [0.1, 0.15) is 0 Å². The van der Waals surface area contributed by atoms with E-state index in [0.717, 1.165) is 16.9 Å². The summed E-state index contributed by atoms with van der Waals surface area (Å²) in [6, 6.07) is 14.8. The molecule has 0 aliphatic carbocycles. The summed E-state index contributed by atoms with van der Waals surface area (Å²) < 4.78 is 10.7. The van der Waals surface area contributed by atoms with E-state index in [-0.39, 0.29) is 12.5 Å². The second kappa shape index (κ2) is 8.69. The minimum Gasteiger partial charge on any atom is -0.493 e. The van der Waals surface area contributed by atoms with Gasteiger partial charge in [-0.3, -0.25) is 10.1 Å². The average Bonchev–Trinajstić information content (AvgIpc) is 3.09. The molecule has 0 aliphatic heterocycles. The Morgan fingerprint density at radius 2 is 1.88 bits per heavy atom. The zero-order chi connectivity index (χ0) is 18.4. The number of aromatic nitrogens is 1. The quantitative estimate of drug-likeness (QED) is 0.651. The Kier molecular flexibility index (Phi) is 6.09. The van der Waals surface area contributed by atoms with Crippen LogP contribution in [0.3, 0.4) is 0 Å². The number of hydrogen-bond donors (Lipinski definition) is 1. The third-order valence-electron chi connectivity index (χ3n) is 3.52. The summed E-state index contributed by atoms with van der Waals surface area (Å²) in [5.74, 6) is 0.829. The number of ether oxygens (including phenoxy) is 2. The highest BCUT2D eigenvalue weighted by Gasteiger charge is 2.10. The summed E-state index contributed by atoms with van der Waals surface area (Å²) >= 11 is 7.33. The van der Waals surface area contributed by atoms with E-state index in [0.29, 0.717) is 21.7 Å². The number of hydrogen-bond acceptors (Lipinski definition) is 5. The summed E-state index contributed by atoms with van der Waals surface area (Å²) in [4.78, 5) is 17.4. The molecular weight excluding hydrogens is 372 g/mol. The second-order valence-corrected chi connectivity index (χ2v) is 6.97. The van der Waals surface area contributed by atoms with Crippen LogP contribution in [-0.2, 0) is 11.2 Å². The molecule has 134 valence electrons. The van der Waals surface area contributed by atoms with Crippen LogP contribution in [0.4, 0.5) is 5.13 Å². The first kappa shape index (κ1) is 18.2. The molecule has 0 radical (unpaired) electrons. The molecule has 0 spiro atoms. The van der Waals surface area contributed by atoms with Gasteiger partial charge in [-0.2, -0.15) is 0 Å². The third kappa shape index (κ3) is 4.97. The van der Waals surface area contributed by atoms with Gasteiger partial charge in [-0.15, -0.1) is 11.3 Å². The Hall–Kier alpha value is -2.57. The van der Waals surface area contributed by atoms with Crippen molar-refractivity contribution in [2.75, 3.05) is 19.0 Å². The number of rotatable bonds is 7. The van der Waals surface area contributed by atoms with E-state index in [2.05, 4.69) is 10.3 Å². The van der Waals surface area contributed by atoms with E-state index in [1.165, 1.54) is 11.3 Å². The Morgan fingerprint density at radius 3 is 2.62 bits per heavy atom. The van der Waals surface area contributed by atoms with E-state index in [4.69, 9.17) is 21.1 Å². The lowest BCUT2D eigenvalue weighted by atomic mass is 10.1. The molecule has 5 nitrogen and oxygen atoms in total. The average molecular weight is 389 g/mol. The third-order valence-corrected chi connectivity index (χ3v) is 4.68. The summed E-state index contributed by atoms with van der Waals surface area (Å²) in [6.07, 6.45) is 2.50. The van der Waals surface area contributed by atoms with Crippen molar-refractivity contribution in [1.29, 1.82) is 0 Å². The number of nitrogens with one attached hydrogen (secondary N) is 1. The fourth-order valence-corrected chi connectivity index (χ4v) is 3.28. The maximum atomic E-state index is 12.1. The van der Waals surface area contributed by atoms with Crippen LogP contribution in [0.15, 0.2) is 54.7 Å². The molecule has 0 saturated heterocycles. The molecule has 1 amide bonds. The summed E-state index contributed by atoms with van der Waals surface area (Å²) in [5, 5.41) is 4.00. The number of carbonyl (C=O) groups excluding carboxylic acids is 1. The maximum absolute atomic E-state index is 12.1. The van der Waals surface area contributed by atoms with Crippen molar-refractivity contribution in [1.82, 2.24) is 4.98 Å². The largest absolute Gasteiger partial charge is 0.493 e. The van der Waals surface area contributed by atoms with E-state index >= 15 is 0 Å². The molecule has 0 unspecified atom stereocenters. The number of amides is 1. The van der Waals surface area contributed by atoms with Crippen LogP contribution in [0.2, 0.25) is 5.02 Å². The second-order valence-electron chi connectivity index (χ2n) is 5.42. The fraction of sp³-hybridized carbons (Fsp3) is 0.158. The maximum Gasteiger partial charge on any atom is 0.264 e. The zero-order valence-corrected chi connectivity index (χ0v) is 15.6. The molecule has 1 heterocycles. The molecule has 0 atom stereocenters. The molecule has 0 fully saturated rings. The standard InChI is InChI=1S/C19H17ClN2O3S/c1-24-16-4-2-3-5-17(16)25-12-18(23)22-19-21-11-15(26-19)10-13-6-8-14(20)9-7-13/h2-9,11H,10,12H2,1H3,(H,21,22,23). The predicted molar refractivity (Wildman–Crippen MR) is 103 cm³/mol. The first-order valence-corrected chi connectivity index (χ1v) is 9.08. The van der Waals surface area contributed by atoms with Gasteiger partial charge >= 0.3 is 0 Å². The van der Waals surface area contributed by atoms with Gasteiger partial charge in [0.2, 0.25) is 0 Å². The van der Waals surface area contributed by atoms with Crippen molar-refractivity contribution in [2.45, 2.75) is 6.42 Å². The number of methoxy groups -OCH3 is 1. The lowest BCUT2D eigenvalue weighted by molar-refractivity contribution is -0.118. The van der Waals surface area contributed by atoms with E-state index < -0.39 is 0 Å². The molecule has 1 N–H and O–H groups in total. The summed E-state index contributed by atoms with van der Waals surface area (Å²) in [5.41, 5.74) is 1.13. The highest BCUT2D eigenvalue weighted by Crippen LogP contribution is 2.26. The number of thiazole rings is 1. The van der Waals surface area contributed by atoms with Gasteiger partial charge in [-0.1, -0.05) is 35.9 Å². The number of para-hydroxylation sites is 2. The van der Waals surface area contributed by atoms with E-state index in [9.17, 15) is 4.79 Å². The van der Waals surface area contributed by atoms with Crippen molar-refractivity contribution in [2.24, 2.45) is 0 Å². The number of benzene rings is 2. The SMILES string of the molecule is COc1ccccc1OCC(=O)Nc1ncc(Cc2ccc(Cl)cc2)s1. The van der Waals surface area contributed by atoms with Crippen LogP contribution in [0.25, 0.3) is 0 Å². The van der Waals surface area contributed by atoms with Crippen molar-refractivity contribution < 1.29 is 14.3 Å². The van der Waals surface area contributed by atoms with E-state index in [1.807, 2.05) is 36.4 Å². The smallest absolute Gasteiger partial charge is 0.264 e. The molecule has 7 heteroatoms. The highest BCUT2D eigenvalue weighted by atomic mass is 35.5. The van der Waals surface area contributed by atoms with Crippen molar-refractivity contribution in [3.8, 4) is 11.5 Å². The summed E-state index contributed by atoms with van der Waals surface area (Å²) in [6.45, 7) is -0.119. The Balaban J connectivity index is 1.53. The van der Waals surface area contributed by atoms with Crippen molar-refractivity contribution in [3.05, 3.63) is 70.2 Å². The number of carbonyl (C=O) groups is 1. The molecule has 3 rings (SSSR count). The lowest BCUT2D eigenvalue weighted by Crippen LogP contribution is -2.20. The highest BCUT2D eigenvalue weighted by molar-refractivity contribution is 7.15. The minimum atomic E-state index is -0.275. The van der Waals surface area contributed by atoms with Gasteiger partial charge in [0.25, 0.3) is 5.91 Å². The van der Waals surface area contributed by atoms with Gasteiger partial charge in [-0.25, -0.2) is 4.98 Å². The molecule has 1 aromatic heterocycles. The molecule has 0 bridgehead atoms. The van der Waals surface area contributed by atoms with Crippen LogP contribution in [0.1, 0.15) is 10.4 Å². The predicted octanol–water partition coefficient (Wildman–Crippen LogP) is 4.41. The van der Waals surface area contributed by atoms with Gasteiger partial charge in [0.15, 0.2) is 23.2 Å². The van der Waals surface area contributed by atoms with Crippen molar-refractivity contribution in [3.63, 3.8) is 0 Å². The molecular formula is C19H17ClN2O3S. The van der Waals surface area contributed by atoms with Crippen LogP contribution in [-0.4, -0.2) is 24.6 Å². The molecule has 0 saturated carbocycles. The van der Waals surface area contributed by atoms with Gasteiger partial charge < -0.3 is 9.47 Å². The first-order chi connectivity index (χ1) is 12.6. The molecule has 2 aromatic carbocycles. The monoisotopic (exact) mass is 388 g/mol. The normalized spacial score (nSPS) is 10.4. The molecule has 0 aliphatic rings. The van der Waals surface area contributed by atoms with E-state index in [1.54, 1.807) is 25.4 Å². The molecule has 3 aromatic rings. The lowest BCUT2D eigenvalue weighted by Gasteiger charge is -2.09. The molecule has 26 heavy (non-hydrogen) atoms. The first-order valence-electron chi connectivity index (χ1n) is 7.89. The van der Waals surface area contributed by atoms with Gasteiger partial charge in [-0.05, 0) is 29.8 Å². The Bertz CT molecular complexity index is 881.